The molecular formula is C17H20N2O6. The first kappa shape index (κ1) is 17.4. The Labute approximate surface area is 144 Å². The molecule has 1 N–H and O–H groups in total. The number of fused-ring (bicyclic) bond motifs is 1. The van der Waals surface area contributed by atoms with Crippen LogP contribution in [-0.4, -0.2) is 77.7 Å². The van der Waals surface area contributed by atoms with E-state index in [9.17, 15) is 14.4 Å². The molecule has 1 aromatic carbocycles. The number of hydrogen-bond acceptors (Lipinski definition) is 5. The molecule has 2 aliphatic heterocycles. The molecule has 1 aromatic rings. The van der Waals surface area contributed by atoms with Gasteiger partial charge < -0.3 is 24.4 Å². The molecule has 8 heteroatoms. The van der Waals surface area contributed by atoms with Crippen LogP contribution in [0.4, 0.5) is 0 Å². The Morgan fingerprint density at radius 2 is 1.96 bits per heavy atom. The van der Waals surface area contributed by atoms with Gasteiger partial charge >= 0.3 is 5.97 Å². The van der Waals surface area contributed by atoms with Gasteiger partial charge in [0.05, 0.1) is 12.1 Å². The predicted octanol–water partition coefficient (Wildman–Crippen LogP) is -0.274. The molecule has 25 heavy (non-hydrogen) atoms. The fourth-order valence-corrected chi connectivity index (χ4v) is 3.17. The topological polar surface area (TPSA) is 96.4 Å². The van der Waals surface area contributed by atoms with Gasteiger partial charge in [-0.25, -0.2) is 4.79 Å². The molecule has 0 radical (unpaired) electrons. The van der Waals surface area contributed by atoms with Crippen LogP contribution in [-0.2, 0) is 30.4 Å². The molecule has 2 fully saturated rings. The second-order valence-electron chi connectivity index (χ2n) is 6.11. The number of carboxylic acids is 1. The van der Waals surface area contributed by atoms with Crippen LogP contribution < -0.4 is 0 Å². The average Bonchev–Trinajstić information content (AvgIpc) is 3.03. The second kappa shape index (κ2) is 7.62. The standard InChI is InChI=1S/C17H20N2O6/c20-15(9-24-11-17(22)23)18-7-13-14(8-18)25-10-16(21)19(13)6-12-4-2-1-3-5-12/h1-5,13-14H,6-11H2,(H,22,23). The first-order chi connectivity index (χ1) is 12.0. The van der Waals surface area contributed by atoms with Gasteiger partial charge in [-0.2, -0.15) is 0 Å². The summed E-state index contributed by atoms with van der Waals surface area (Å²) in [6.07, 6.45) is -0.232. The Morgan fingerprint density at radius 1 is 1.20 bits per heavy atom. The fourth-order valence-electron chi connectivity index (χ4n) is 3.17. The van der Waals surface area contributed by atoms with E-state index in [-0.39, 0.29) is 37.2 Å². The molecule has 2 atom stereocenters. The third kappa shape index (κ3) is 4.15. The van der Waals surface area contributed by atoms with E-state index in [0.717, 1.165) is 5.56 Å². The van der Waals surface area contributed by atoms with Crippen molar-refractivity contribution in [1.82, 2.24) is 9.80 Å². The lowest BCUT2D eigenvalue weighted by Gasteiger charge is -2.36. The summed E-state index contributed by atoms with van der Waals surface area (Å²) in [5, 5.41) is 8.55. The quantitative estimate of drug-likeness (QED) is 0.760. The maximum Gasteiger partial charge on any atom is 0.329 e. The van der Waals surface area contributed by atoms with E-state index >= 15 is 0 Å². The number of nitrogens with zero attached hydrogens (tertiary/aromatic N) is 2. The zero-order chi connectivity index (χ0) is 17.8. The van der Waals surface area contributed by atoms with Crippen LogP contribution in [0.1, 0.15) is 5.56 Å². The Morgan fingerprint density at radius 3 is 2.68 bits per heavy atom. The molecule has 0 spiro atoms. The number of amides is 2. The lowest BCUT2D eigenvalue weighted by atomic mass is 10.1. The first-order valence-electron chi connectivity index (χ1n) is 8.07. The minimum Gasteiger partial charge on any atom is -0.480 e. The van der Waals surface area contributed by atoms with Crippen molar-refractivity contribution in [2.24, 2.45) is 0 Å². The van der Waals surface area contributed by atoms with Crippen molar-refractivity contribution in [3.8, 4) is 0 Å². The number of rotatable bonds is 6. The highest BCUT2D eigenvalue weighted by Crippen LogP contribution is 2.25. The van der Waals surface area contributed by atoms with Crippen molar-refractivity contribution < 1.29 is 29.0 Å². The molecule has 0 aromatic heterocycles. The van der Waals surface area contributed by atoms with Crippen LogP contribution in [0.25, 0.3) is 0 Å². The highest BCUT2D eigenvalue weighted by atomic mass is 16.5. The number of hydrogen-bond donors (Lipinski definition) is 1. The third-order valence-electron chi connectivity index (χ3n) is 4.38. The van der Waals surface area contributed by atoms with Crippen molar-refractivity contribution in [3.05, 3.63) is 35.9 Å². The van der Waals surface area contributed by atoms with E-state index in [2.05, 4.69) is 0 Å². The maximum atomic E-state index is 12.3. The average molecular weight is 348 g/mol. The number of carbonyl (C=O) groups is 3. The maximum absolute atomic E-state index is 12.3. The summed E-state index contributed by atoms with van der Waals surface area (Å²) >= 11 is 0. The summed E-state index contributed by atoms with van der Waals surface area (Å²) in [5.74, 6) is -1.52. The lowest BCUT2D eigenvalue weighted by molar-refractivity contribution is -0.153. The second-order valence-corrected chi connectivity index (χ2v) is 6.11. The highest BCUT2D eigenvalue weighted by molar-refractivity contribution is 5.81. The van der Waals surface area contributed by atoms with E-state index in [1.165, 1.54) is 0 Å². The summed E-state index contributed by atoms with van der Waals surface area (Å²) in [7, 11) is 0. The zero-order valence-corrected chi connectivity index (χ0v) is 13.7. The van der Waals surface area contributed by atoms with E-state index in [0.29, 0.717) is 19.6 Å². The van der Waals surface area contributed by atoms with Crippen molar-refractivity contribution in [2.75, 3.05) is 32.9 Å². The molecule has 2 aliphatic rings. The van der Waals surface area contributed by atoms with Gasteiger partial charge in [-0.15, -0.1) is 0 Å². The molecule has 2 saturated heterocycles. The summed E-state index contributed by atoms with van der Waals surface area (Å²) in [4.78, 5) is 38.2. The van der Waals surface area contributed by atoms with Crippen LogP contribution in [0.2, 0.25) is 0 Å². The van der Waals surface area contributed by atoms with Crippen LogP contribution in [0.5, 0.6) is 0 Å². The predicted molar refractivity (Wildman–Crippen MR) is 85.6 cm³/mol. The number of carboxylic acid groups (broad SMARTS) is 1. The summed E-state index contributed by atoms with van der Waals surface area (Å²) in [5.41, 5.74) is 1.02. The van der Waals surface area contributed by atoms with Gasteiger partial charge in [-0.05, 0) is 5.56 Å². The van der Waals surface area contributed by atoms with Gasteiger partial charge in [-0.1, -0.05) is 30.3 Å². The molecule has 2 unspecified atom stereocenters. The van der Waals surface area contributed by atoms with E-state index in [1.54, 1.807) is 9.80 Å². The lowest BCUT2D eigenvalue weighted by Crippen LogP contribution is -2.53. The van der Waals surface area contributed by atoms with Crippen molar-refractivity contribution in [1.29, 1.82) is 0 Å². The van der Waals surface area contributed by atoms with Crippen LogP contribution >= 0.6 is 0 Å². The number of ether oxygens (including phenoxy) is 2. The van der Waals surface area contributed by atoms with Crippen LogP contribution in [0.3, 0.4) is 0 Å². The van der Waals surface area contributed by atoms with Crippen molar-refractivity contribution >= 4 is 17.8 Å². The minimum absolute atomic E-state index is 0.00550. The number of carbonyl (C=O) groups excluding carboxylic acids is 2. The summed E-state index contributed by atoms with van der Waals surface area (Å²) < 4.78 is 10.4. The number of morpholine rings is 1. The van der Waals surface area contributed by atoms with Gasteiger partial charge in [-0.3, -0.25) is 9.59 Å². The van der Waals surface area contributed by atoms with Crippen molar-refractivity contribution in [3.63, 3.8) is 0 Å². The van der Waals surface area contributed by atoms with Crippen LogP contribution in [0, 0.1) is 0 Å². The van der Waals surface area contributed by atoms with Gasteiger partial charge in [0.15, 0.2) is 0 Å². The Hall–Kier alpha value is -2.45. The molecule has 3 rings (SSSR count). The van der Waals surface area contributed by atoms with Crippen molar-refractivity contribution in [2.45, 2.75) is 18.7 Å². The normalized spacial score (nSPS) is 22.8. The number of likely N-dealkylation sites (tertiary alicyclic amines) is 1. The van der Waals surface area contributed by atoms with E-state index in [1.807, 2.05) is 30.3 Å². The minimum atomic E-state index is -1.12. The molecule has 2 amide bonds. The Balaban J connectivity index is 1.62. The highest BCUT2D eigenvalue weighted by Gasteiger charge is 2.44. The number of benzene rings is 1. The summed E-state index contributed by atoms with van der Waals surface area (Å²) in [6.45, 7) is 0.407. The SMILES string of the molecule is O=C(O)COCC(=O)N1CC2OCC(=O)N(Cc3ccccc3)C2C1. The third-order valence-corrected chi connectivity index (χ3v) is 4.38. The van der Waals surface area contributed by atoms with Gasteiger partial charge in [0.1, 0.15) is 19.8 Å². The Bertz CT molecular complexity index is 650. The Kier molecular flexibility index (Phi) is 5.30. The fraction of sp³-hybridized carbons (Fsp3) is 0.471. The van der Waals surface area contributed by atoms with E-state index < -0.39 is 12.6 Å². The molecular weight excluding hydrogens is 328 g/mol. The number of aliphatic carboxylic acids is 1. The smallest absolute Gasteiger partial charge is 0.329 e. The molecule has 134 valence electrons. The zero-order valence-electron chi connectivity index (χ0n) is 13.7. The van der Waals surface area contributed by atoms with Gasteiger partial charge in [0.25, 0.3) is 0 Å². The monoisotopic (exact) mass is 348 g/mol. The van der Waals surface area contributed by atoms with E-state index in [4.69, 9.17) is 14.6 Å². The summed E-state index contributed by atoms with van der Waals surface area (Å²) in [6, 6.07) is 9.46. The van der Waals surface area contributed by atoms with Crippen LogP contribution in [0.15, 0.2) is 30.3 Å². The molecule has 0 bridgehead atoms. The molecule has 0 saturated carbocycles. The van der Waals surface area contributed by atoms with Gasteiger partial charge in [0, 0.05) is 19.6 Å². The molecule has 0 aliphatic carbocycles. The van der Waals surface area contributed by atoms with Gasteiger partial charge in [0.2, 0.25) is 11.8 Å². The molecule has 8 nitrogen and oxygen atoms in total. The first-order valence-corrected chi connectivity index (χ1v) is 8.07. The molecule has 2 heterocycles. The largest absolute Gasteiger partial charge is 0.480 e.